The van der Waals surface area contributed by atoms with Crippen LogP contribution in [-0.4, -0.2) is 80.2 Å². The smallest absolute Gasteiger partial charge is 0.394 e. The van der Waals surface area contributed by atoms with Crippen LogP contribution in [0.1, 0.15) is 287 Å². The maximum Gasteiger partial charge on any atom is 0.483 e. The van der Waals surface area contributed by atoms with Gasteiger partial charge in [-0.05, 0) is 52.4 Å². The van der Waals surface area contributed by atoms with Crippen molar-refractivity contribution in [1.29, 1.82) is 0 Å². The van der Waals surface area contributed by atoms with Gasteiger partial charge in [0.15, 0.2) is 0 Å². The van der Waals surface area contributed by atoms with Gasteiger partial charge in [0.2, 0.25) is 0 Å². The normalized spacial score (nSPS) is 12.3. The first-order chi connectivity index (χ1) is 37.2. The zero-order chi connectivity index (χ0) is 60.6. The molecule has 0 heterocycles. The third kappa shape index (κ3) is 77.5. The number of unbranched alkanes of at least 4 members (excludes halogenated alkanes) is 30. The van der Waals surface area contributed by atoms with Gasteiger partial charge in [-0.2, -0.15) is 12.9 Å². The van der Waals surface area contributed by atoms with Crippen LogP contribution in [0.4, 0.5) is 0 Å². The first-order valence-electron chi connectivity index (χ1n) is 29.9. The summed E-state index contributed by atoms with van der Waals surface area (Å²) in [5.41, 5.74) is 0. The molecule has 0 aromatic heterocycles. The molecule has 0 aliphatic rings. The fourth-order valence-electron chi connectivity index (χ4n) is 7.00. The van der Waals surface area contributed by atoms with Crippen molar-refractivity contribution < 1.29 is 124 Å². The van der Waals surface area contributed by atoms with Crippen molar-refractivity contribution in [2.24, 2.45) is 0 Å². The minimum absolute atomic E-state index is 0. The van der Waals surface area contributed by atoms with Crippen molar-refractivity contribution in [2.75, 3.05) is 39.6 Å². The average molecular weight is 1320 g/mol. The third-order valence-corrected chi connectivity index (χ3v) is 19.0. The van der Waals surface area contributed by atoms with Crippen molar-refractivity contribution in [2.45, 2.75) is 293 Å². The van der Waals surface area contributed by atoms with Gasteiger partial charge in [0.05, 0.1) is 39.6 Å². The Morgan fingerprint density at radius 3 is 0.487 bits per heavy atom. The summed E-state index contributed by atoms with van der Waals surface area (Å²) in [6.07, 6.45) is 36.4. The molecule has 0 unspecified atom stereocenters. The van der Waals surface area contributed by atoms with Crippen LogP contribution in [0.25, 0.3) is 0 Å². The van der Waals surface area contributed by atoms with E-state index in [0.29, 0.717) is 38.5 Å². The number of rotatable bonds is 54. The van der Waals surface area contributed by atoms with Gasteiger partial charge in [-0.25, -0.2) is 27.4 Å². The summed E-state index contributed by atoms with van der Waals surface area (Å²) in [5, 5.41) is 8.06. The van der Waals surface area contributed by atoms with Crippen LogP contribution >= 0.6 is 46.9 Å². The molecule has 0 saturated heterocycles. The summed E-state index contributed by atoms with van der Waals surface area (Å²) < 4.78 is 113. The van der Waals surface area contributed by atoms with Gasteiger partial charge >= 0.3 is 46.9 Å². The first kappa shape index (κ1) is 90.2. The molecule has 0 aliphatic heterocycles. The molecule has 0 radical (unpaired) electrons. The zero-order valence-electron chi connectivity index (χ0n) is 50.7. The second kappa shape index (κ2) is 60.7. The van der Waals surface area contributed by atoms with E-state index in [0.717, 1.165) is 154 Å². The Bertz CT molecular complexity index is 1360. The molecular formula is C51H116O22P6Ti. The summed E-state index contributed by atoms with van der Waals surface area (Å²) in [4.78, 5) is 53.5. The molecule has 0 rings (SSSR count). The second-order valence-electron chi connectivity index (χ2n) is 19.8. The van der Waals surface area contributed by atoms with Gasteiger partial charge < -0.3 is 34.5 Å². The van der Waals surface area contributed by atoms with Gasteiger partial charge in [0.25, 0.3) is 0 Å². The van der Waals surface area contributed by atoms with Crippen LogP contribution in [-0.2, 0) is 89.2 Å². The average Bonchev–Trinajstić information content (AvgIpc) is 3.33. The Kier molecular flexibility index (Phi) is 68.5. The molecule has 0 saturated carbocycles. The first-order valence-corrected chi connectivity index (χ1v) is 38.8. The van der Waals surface area contributed by atoms with Gasteiger partial charge in [-0.1, -0.05) is 234 Å². The summed E-state index contributed by atoms with van der Waals surface area (Å²) in [5.74, 6) is 0. The van der Waals surface area contributed by atoms with Crippen LogP contribution in [0.2, 0.25) is 0 Å². The number of aliphatic hydroxyl groups excluding tert-OH is 1. The quantitative estimate of drug-likeness (QED) is 0.0169. The Balaban J connectivity index is -0.000000337. The molecule has 486 valence electrons. The fraction of sp³-hybridized carbons (Fsp3) is 1.00. The van der Waals surface area contributed by atoms with E-state index in [1.165, 1.54) is 38.5 Å². The Morgan fingerprint density at radius 1 is 0.263 bits per heavy atom. The third-order valence-electron chi connectivity index (χ3n) is 11.1. The molecule has 80 heavy (non-hydrogen) atoms. The number of phosphoric acid groups is 6. The maximum absolute atomic E-state index is 12.3. The molecular weight excluding hydrogens is 1200 g/mol. The number of phosphoric ester groups is 3. The van der Waals surface area contributed by atoms with Crippen LogP contribution in [0.3, 0.4) is 0 Å². The molecule has 7 N–H and O–H groups in total. The van der Waals surface area contributed by atoms with E-state index in [1.54, 1.807) is 13.8 Å². The predicted octanol–water partition coefficient (Wildman–Crippen LogP) is 18.3. The SMILES string of the molecule is CC(C)O.CCCCCCCCOP(=O)(OCCCCCCCC)OP(=O)(O)O.CCCCCCCCOP(=O)(OCCCCCCCC)OP(=O)(O)O.CCCCCCCCOP(=O)(OCCCCCCCC)OP(=O)(O)O.[Ti]. The maximum atomic E-state index is 12.3. The summed E-state index contributed by atoms with van der Waals surface area (Å²) in [6.45, 7) is 16.9. The van der Waals surface area contributed by atoms with Crippen molar-refractivity contribution >= 4 is 46.9 Å². The molecule has 0 aromatic carbocycles. The van der Waals surface area contributed by atoms with Gasteiger partial charge in [-0.3, -0.25) is 27.1 Å². The van der Waals surface area contributed by atoms with Gasteiger partial charge in [-0.15, -0.1) is 0 Å². The molecule has 22 nitrogen and oxygen atoms in total. The largest absolute Gasteiger partial charge is 0.483 e. The number of aliphatic hydroxyl groups is 1. The molecule has 0 aliphatic carbocycles. The van der Waals surface area contributed by atoms with Crippen LogP contribution in [0.15, 0.2) is 0 Å². The van der Waals surface area contributed by atoms with Crippen molar-refractivity contribution in [3.63, 3.8) is 0 Å². The summed E-state index contributed by atoms with van der Waals surface area (Å²) in [7, 11) is -27.5. The molecule has 0 amide bonds. The van der Waals surface area contributed by atoms with Crippen molar-refractivity contribution in [3.8, 4) is 0 Å². The van der Waals surface area contributed by atoms with E-state index in [2.05, 4.69) is 54.5 Å². The molecule has 0 aromatic rings. The van der Waals surface area contributed by atoms with E-state index in [9.17, 15) is 27.4 Å². The molecule has 0 bridgehead atoms. The molecule has 0 fully saturated rings. The standard InChI is InChI=1S/3C16H36O7P2.C3H8O.Ti/c3*1-3-5-7-9-11-13-15-21-25(20,23-24(17,18)19)22-16-14-12-10-8-6-4-2;1-3(2)4;/h3*3-16H2,1-2H3,(H2,17,18,19);3-4H,1-2H3;. The van der Waals surface area contributed by atoms with Gasteiger partial charge in [0.1, 0.15) is 0 Å². The monoisotopic (exact) mass is 1310 g/mol. The van der Waals surface area contributed by atoms with Crippen LogP contribution in [0.5, 0.6) is 0 Å². The number of hydrogen-bond donors (Lipinski definition) is 7. The van der Waals surface area contributed by atoms with Crippen LogP contribution in [0, 0.1) is 0 Å². The van der Waals surface area contributed by atoms with Crippen molar-refractivity contribution in [1.82, 2.24) is 0 Å². The van der Waals surface area contributed by atoms with E-state index in [-0.39, 0.29) is 67.5 Å². The zero-order valence-corrected chi connectivity index (χ0v) is 57.6. The predicted molar refractivity (Wildman–Crippen MR) is 316 cm³/mol. The van der Waals surface area contributed by atoms with Gasteiger partial charge in [0, 0.05) is 27.8 Å². The Hall–Kier alpha value is 1.45. The summed E-state index contributed by atoms with van der Waals surface area (Å²) >= 11 is 0. The van der Waals surface area contributed by atoms with Crippen LogP contribution < -0.4 is 0 Å². The summed E-state index contributed by atoms with van der Waals surface area (Å²) in [6, 6.07) is 0. The molecule has 29 heteroatoms. The molecule has 0 spiro atoms. The topological polar surface area (TPSA) is 327 Å². The van der Waals surface area contributed by atoms with E-state index in [4.69, 9.17) is 61.6 Å². The van der Waals surface area contributed by atoms with Crippen molar-refractivity contribution in [3.05, 3.63) is 0 Å². The van der Waals surface area contributed by atoms with E-state index in [1.807, 2.05) is 0 Å². The van der Waals surface area contributed by atoms with E-state index >= 15 is 0 Å². The Morgan fingerprint density at radius 2 is 0.375 bits per heavy atom. The Labute approximate surface area is 500 Å². The minimum atomic E-state index is -4.94. The fourth-order valence-corrected chi connectivity index (χ4v) is 13.6. The minimum Gasteiger partial charge on any atom is -0.394 e. The number of hydrogen-bond acceptors (Lipinski definition) is 16. The molecule has 0 atom stereocenters. The van der Waals surface area contributed by atoms with E-state index < -0.39 is 46.9 Å². The second-order valence-corrected chi connectivity index (χ2v) is 28.9.